The zero-order valence-corrected chi connectivity index (χ0v) is 15.9. The molecule has 0 saturated heterocycles. The Kier molecular flexibility index (Phi) is 5.78. The summed E-state index contributed by atoms with van der Waals surface area (Å²) >= 11 is 0. The van der Waals surface area contributed by atoms with Crippen LogP contribution in [-0.4, -0.2) is 56.3 Å². The van der Waals surface area contributed by atoms with Crippen LogP contribution in [0.5, 0.6) is 11.5 Å². The number of benzene rings is 1. The smallest absolute Gasteiger partial charge is 0.224 e. The first kappa shape index (κ1) is 18.3. The second-order valence-corrected chi connectivity index (χ2v) is 6.73. The normalized spacial score (nSPS) is 13.6. The van der Waals surface area contributed by atoms with Crippen LogP contribution in [0, 0.1) is 0 Å². The summed E-state index contributed by atoms with van der Waals surface area (Å²) in [4.78, 5) is 11.4. The van der Waals surface area contributed by atoms with Crippen molar-refractivity contribution >= 4 is 17.5 Å². The van der Waals surface area contributed by atoms with Crippen molar-refractivity contribution in [2.75, 3.05) is 52.0 Å². The highest BCUT2D eigenvalue weighted by molar-refractivity contribution is 5.62. The van der Waals surface area contributed by atoms with Crippen molar-refractivity contribution < 1.29 is 9.47 Å². The molecule has 1 aliphatic rings. The van der Waals surface area contributed by atoms with Gasteiger partial charge in [-0.1, -0.05) is 0 Å². The molecular weight excluding hydrogens is 330 g/mol. The largest absolute Gasteiger partial charge is 0.497 e. The van der Waals surface area contributed by atoms with Gasteiger partial charge in [0.1, 0.15) is 17.3 Å². The van der Waals surface area contributed by atoms with Crippen LogP contribution in [0.15, 0.2) is 24.3 Å². The van der Waals surface area contributed by atoms with Gasteiger partial charge in [0.05, 0.1) is 19.9 Å². The first-order valence-corrected chi connectivity index (χ1v) is 8.85. The number of rotatable bonds is 9. The Hall–Kier alpha value is -2.54. The molecule has 140 valence electrons. The fourth-order valence-electron chi connectivity index (χ4n) is 2.62. The molecule has 2 aromatic rings. The van der Waals surface area contributed by atoms with Crippen molar-refractivity contribution in [3.8, 4) is 11.5 Å². The molecule has 1 aromatic heterocycles. The minimum atomic E-state index is 0.549. The number of hydrogen-bond donors (Lipinski definition) is 2. The van der Waals surface area contributed by atoms with Crippen molar-refractivity contribution in [1.82, 2.24) is 14.9 Å². The van der Waals surface area contributed by atoms with Gasteiger partial charge in [-0.3, -0.25) is 0 Å². The highest BCUT2D eigenvalue weighted by Crippen LogP contribution is 2.40. The highest BCUT2D eigenvalue weighted by Gasteiger charge is 2.26. The molecule has 3 rings (SSSR count). The van der Waals surface area contributed by atoms with Gasteiger partial charge < -0.3 is 25.0 Å². The molecule has 1 aliphatic carbocycles. The van der Waals surface area contributed by atoms with E-state index in [1.165, 1.54) is 12.8 Å². The van der Waals surface area contributed by atoms with Gasteiger partial charge in [-0.05, 0) is 26.9 Å². The predicted octanol–water partition coefficient (Wildman–Crippen LogP) is 3.09. The third-order valence-corrected chi connectivity index (χ3v) is 4.21. The SMILES string of the molecule is COc1cc(Nc2cc(C3CC3)nc(NCCN(C)C)n2)cc(OC)c1. The Morgan fingerprint density at radius 2 is 1.73 bits per heavy atom. The molecule has 1 saturated carbocycles. The van der Waals surface area contributed by atoms with Crippen LogP contribution in [0.3, 0.4) is 0 Å². The van der Waals surface area contributed by atoms with Crippen LogP contribution in [0.25, 0.3) is 0 Å². The van der Waals surface area contributed by atoms with Crippen LogP contribution in [0.2, 0.25) is 0 Å². The summed E-state index contributed by atoms with van der Waals surface area (Å²) in [6.07, 6.45) is 2.39. The molecule has 0 amide bonds. The Labute approximate surface area is 154 Å². The summed E-state index contributed by atoms with van der Waals surface area (Å²) in [7, 11) is 7.38. The second kappa shape index (κ2) is 8.23. The monoisotopic (exact) mass is 357 g/mol. The molecule has 1 aromatic carbocycles. The average Bonchev–Trinajstić information content (AvgIpc) is 3.46. The molecule has 7 heteroatoms. The maximum absolute atomic E-state index is 5.34. The van der Waals surface area contributed by atoms with Gasteiger partial charge in [-0.25, -0.2) is 4.98 Å². The fraction of sp³-hybridized carbons (Fsp3) is 0.474. The van der Waals surface area contributed by atoms with Crippen molar-refractivity contribution in [2.24, 2.45) is 0 Å². The third-order valence-electron chi connectivity index (χ3n) is 4.21. The molecule has 0 unspecified atom stereocenters. The van der Waals surface area contributed by atoms with E-state index in [0.717, 1.165) is 41.8 Å². The summed E-state index contributed by atoms with van der Waals surface area (Å²) in [5, 5.41) is 6.67. The van der Waals surface area contributed by atoms with Crippen molar-refractivity contribution in [2.45, 2.75) is 18.8 Å². The molecule has 7 nitrogen and oxygen atoms in total. The predicted molar refractivity (Wildman–Crippen MR) is 104 cm³/mol. The Morgan fingerprint density at radius 3 is 2.31 bits per heavy atom. The molecule has 1 fully saturated rings. The fourth-order valence-corrected chi connectivity index (χ4v) is 2.62. The molecule has 2 N–H and O–H groups in total. The summed E-state index contributed by atoms with van der Waals surface area (Å²) in [5.74, 6) is 3.44. The lowest BCUT2D eigenvalue weighted by Crippen LogP contribution is -2.21. The van der Waals surface area contributed by atoms with Gasteiger partial charge in [0.15, 0.2) is 0 Å². The van der Waals surface area contributed by atoms with Crippen molar-refractivity contribution in [3.05, 3.63) is 30.0 Å². The standard InChI is InChI=1S/C19H27N5O2/c1-24(2)8-7-20-19-22-17(13-5-6-13)12-18(23-19)21-14-9-15(25-3)11-16(10-14)26-4/h9-13H,5-8H2,1-4H3,(H2,20,21,22,23). The number of anilines is 3. The second-order valence-electron chi connectivity index (χ2n) is 6.73. The maximum atomic E-state index is 5.34. The van der Waals surface area contributed by atoms with E-state index in [-0.39, 0.29) is 0 Å². The van der Waals surface area contributed by atoms with E-state index in [0.29, 0.717) is 11.9 Å². The summed E-state index contributed by atoms with van der Waals surface area (Å²) in [5.41, 5.74) is 1.95. The number of ether oxygens (including phenoxy) is 2. The Balaban J connectivity index is 1.81. The number of hydrogen-bond acceptors (Lipinski definition) is 7. The van der Waals surface area contributed by atoms with Gasteiger partial charge >= 0.3 is 0 Å². The lowest BCUT2D eigenvalue weighted by atomic mass is 10.2. The maximum Gasteiger partial charge on any atom is 0.224 e. The van der Waals surface area contributed by atoms with E-state index in [2.05, 4.69) is 25.5 Å². The molecule has 0 spiro atoms. The van der Waals surface area contributed by atoms with E-state index in [1.807, 2.05) is 38.4 Å². The van der Waals surface area contributed by atoms with Crippen LogP contribution in [0.1, 0.15) is 24.5 Å². The van der Waals surface area contributed by atoms with E-state index < -0.39 is 0 Å². The van der Waals surface area contributed by atoms with Gasteiger partial charge in [-0.2, -0.15) is 4.98 Å². The average molecular weight is 357 g/mol. The lowest BCUT2D eigenvalue weighted by Gasteiger charge is -2.14. The van der Waals surface area contributed by atoms with Crippen LogP contribution in [0.4, 0.5) is 17.5 Å². The molecular formula is C19H27N5O2. The number of nitrogens with zero attached hydrogens (tertiary/aromatic N) is 3. The molecule has 0 bridgehead atoms. The zero-order chi connectivity index (χ0) is 18.5. The number of nitrogens with one attached hydrogen (secondary N) is 2. The van der Waals surface area contributed by atoms with E-state index >= 15 is 0 Å². The first-order chi connectivity index (χ1) is 12.6. The first-order valence-electron chi connectivity index (χ1n) is 8.85. The topological polar surface area (TPSA) is 71.5 Å². The molecule has 0 atom stereocenters. The van der Waals surface area contributed by atoms with Gasteiger partial charge in [-0.15, -0.1) is 0 Å². The Bertz CT molecular complexity index is 724. The van der Waals surface area contributed by atoms with Gasteiger partial charge in [0.2, 0.25) is 5.95 Å². The highest BCUT2D eigenvalue weighted by atomic mass is 16.5. The third kappa shape index (κ3) is 4.98. The number of aromatic nitrogens is 2. The minimum absolute atomic E-state index is 0.549. The lowest BCUT2D eigenvalue weighted by molar-refractivity contribution is 0.395. The summed E-state index contributed by atoms with van der Waals surface area (Å²) < 4.78 is 10.7. The molecule has 1 heterocycles. The minimum Gasteiger partial charge on any atom is -0.497 e. The summed E-state index contributed by atoms with van der Waals surface area (Å²) in [6, 6.07) is 7.71. The zero-order valence-electron chi connectivity index (χ0n) is 15.9. The summed E-state index contributed by atoms with van der Waals surface area (Å²) in [6.45, 7) is 1.72. The van der Waals surface area contributed by atoms with E-state index in [9.17, 15) is 0 Å². The molecule has 0 radical (unpaired) electrons. The quantitative estimate of drug-likeness (QED) is 0.714. The van der Waals surface area contributed by atoms with E-state index in [4.69, 9.17) is 9.47 Å². The molecule has 0 aliphatic heterocycles. The van der Waals surface area contributed by atoms with Gasteiger partial charge in [0.25, 0.3) is 0 Å². The van der Waals surface area contributed by atoms with Crippen molar-refractivity contribution in [3.63, 3.8) is 0 Å². The van der Waals surface area contributed by atoms with Crippen molar-refractivity contribution in [1.29, 1.82) is 0 Å². The van der Waals surface area contributed by atoms with Crippen LogP contribution in [-0.2, 0) is 0 Å². The van der Waals surface area contributed by atoms with Crippen LogP contribution >= 0.6 is 0 Å². The molecule has 26 heavy (non-hydrogen) atoms. The van der Waals surface area contributed by atoms with E-state index in [1.54, 1.807) is 14.2 Å². The number of likely N-dealkylation sites (N-methyl/N-ethyl adjacent to an activating group) is 1. The number of methoxy groups -OCH3 is 2. The van der Waals surface area contributed by atoms with Gasteiger partial charge in [0, 0.05) is 49.0 Å². The van der Waals surface area contributed by atoms with Crippen LogP contribution < -0.4 is 20.1 Å². The Morgan fingerprint density at radius 1 is 1.04 bits per heavy atom.